The van der Waals surface area contributed by atoms with Crippen molar-refractivity contribution in [3.63, 3.8) is 0 Å². The van der Waals surface area contributed by atoms with Gasteiger partial charge < -0.3 is 15.8 Å². The summed E-state index contributed by atoms with van der Waals surface area (Å²) in [6.45, 7) is 4.99. The Morgan fingerprint density at radius 2 is 1.95 bits per heavy atom. The highest BCUT2D eigenvalue weighted by atomic mass is 16.5. The Labute approximate surface area is 131 Å². The molecule has 4 nitrogen and oxygen atoms in total. The summed E-state index contributed by atoms with van der Waals surface area (Å²) >= 11 is 0. The summed E-state index contributed by atoms with van der Waals surface area (Å²) < 4.78 is 5.69. The smallest absolute Gasteiger partial charge is 0.255 e. The second kappa shape index (κ2) is 7.50. The van der Waals surface area contributed by atoms with Crippen molar-refractivity contribution in [3.05, 3.63) is 54.1 Å². The zero-order valence-corrected chi connectivity index (χ0v) is 13.0. The number of benzene rings is 2. The molecule has 2 aromatic rings. The molecular weight excluding hydrogens is 276 g/mol. The third kappa shape index (κ3) is 4.81. The third-order valence-electron chi connectivity index (χ3n) is 3.20. The van der Waals surface area contributed by atoms with Gasteiger partial charge in [-0.3, -0.25) is 4.79 Å². The first-order valence-corrected chi connectivity index (χ1v) is 7.44. The van der Waals surface area contributed by atoms with Gasteiger partial charge in [0.1, 0.15) is 5.75 Å². The number of carbonyl (C=O) groups is 1. The van der Waals surface area contributed by atoms with E-state index >= 15 is 0 Å². The zero-order chi connectivity index (χ0) is 15.9. The van der Waals surface area contributed by atoms with Gasteiger partial charge in [0.05, 0.1) is 6.61 Å². The van der Waals surface area contributed by atoms with Crippen molar-refractivity contribution < 1.29 is 9.53 Å². The zero-order valence-electron chi connectivity index (χ0n) is 13.0. The number of hydrogen-bond donors (Lipinski definition) is 2. The number of amides is 1. The van der Waals surface area contributed by atoms with Crippen molar-refractivity contribution in [1.82, 2.24) is 0 Å². The van der Waals surface area contributed by atoms with Crippen LogP contribution in [0, 0.1) is 5.92 Å². The number of rotatable bonds is 6. The molecule has 0 atom stereocenters. The van der Waals surface area contributed by atoms with Crippen molar-refractivity contribution >= 4 is 17.3 Å². The van der Waals surface area contributed by atoms with Gasteiger partial charge in [-0.15, -0.1) is 0 Å². The highest BCUT2D eigenvalue weighted by Gasteiger charge is 2.07. The second-order valence-corrected chi connectivity index (χ2v) is 5.64. The van der Waals surface area contributed by atoms with Gasteiger partial charge in [-0.25, -0.2) is 0 Å². The number of ether oxygens (including phenoxy) is 1. The summed E-state index contributed by atoms with van der Waals surface area (Å²) in [6, 6.07) is 14.3. The SMILES string of the molecule is CC(C)CCOc1cccc(NC(=O)c2cccc(N)c2)c1. The monoisotopic (exact) mass is 298 g/mol. The van der Waals surface area contributed by atoms with Crippen LogP contribution >= 0.6 is 0 Å². The fourth-order valence-corrected chi connectivity index (χ4v) is 1.96. The van der Waals surface area contributed by atoms with Crippen LogP contribution in [-0.2, 0) is 0 Å². The predicted octanol–water partition coefficient (Wildman–Crippen LogP) is 3.95. The first-order valence-electron chi connectivity index (χ1n) is 7.44. The van der Waals surface area contributed by atoms with Gasteiger partial charge in [0, 0.05) is 23.0 Å². The molecule has 0 heterocycles. The molecule has 0 aliphatic carbocycles. The molecule has 0 aliphatic heterocycles. The average molecular weight is 298 g/mol. The van der Waals surface area contributed by atoms with E-state index in [0.29, 0.717) is 29.5 Å². The van der Waals surface area contributed by atoms with Gasteiger partial charge in [0.15, 0.2) is 0 Å². The lowest BCUT2D eigenvalue weighted by Crippen LogP contribution is -2.12. The van der Waals surface area contributed by atoms with Crippen LogP contribution < -0.4 is 15.8 Å². The number of nitrogen functional groups attached to an aromatic ring is 1. The second-order valence-electron chi connectivity index (χ2n) is 5.64. The molecule has 0 radical (unpaired) electrons. The summed E-state index contributed by atoms with van der Waals surface area (Å²) in [5, 5.41) is 2.85. The van der Waals surface area contributed by atoms with Crippen LogP contribution in [-0.4, -0.2) is 12.5 Å². The van der Waals surface area contributed by atoms with Gasteiger partial charge in [-0.2, -0.15) is 0 Å². The van der Waals surface area contributed by atoms with E-state index in [2.05, 4.69) is 19.2 Å². The van der Waals surface area contributed by atoms with Gasteiger partial charge in [0.25, 0.3) is 5.91 Å². The Morgan fingerprint density at radius 3 is 2.68 bits per heavy atom. The van der Waals surface area contributed by atoms with E-state index in [4.69, 9.17) is 10.5 Å². The van der Waals surface area contributed by atoms with E-state index < -0.39 is 0 Å². The molecule has 0 aliphatic rings. The Balaban J connectivity index is 1.99. The quantitative estimate of drug-likeness (QED) is 0.794. The molecule has 4 heteroatoms. The van der Waals surface area contributed by atoms with Crippen LogP contribution in [0.15, 0.2) is 48.5 Å². The van der Waals surface area contributed by atoms with Crippen molar-refractivity contribution in [2.45, 2.75) is 20.3 Å². The van der Waals surface area contributed by atoms with Crippen LogP contribution in [0.1, 0.15) is 30.6 Å². The molecule has 0 fully saturated rings. The van der Waals surface area contributed by atoms with Gasteiger partial charge in [-0.05, 0) is 42.7 Å². The number of anilines is 2. The van der Waals surface area contributed by atoms with Gasteiger partial charge in [0.2, 0.25) is 0 Å². The number of nitrogens with one attached hydrogen (secondary N) is 1. The molecule has 1 amide bonds. The summed E-state index contributed by atoms with van der Waals surface area (Å²) in [7, 11) is 0. The standard InChI is InChI=1S/C18H22N2O2/c1-13(2)9-10-22-17-8-4-7-16(12-17)20-18(21)14-5-3-6-15(19)11-14/h3-8,11-13H,9-10,19H2,1-2H3,(H,20,21). The summed E-state index contributed by atoms with van der Waals surface area (Å²) in [5.41, 5.74) is 7.50. The van der Waals surface area contributed by atoms with E-state index in [1.165, 1.54) is 0 Å². The lowest BCUT2D eigenvalue weighted by Gasteiger charge is -2.10. The van der Waals surface area contributed by atoms with Crippen LogP contribution in [0.4, 0.5) is 11.4 Å². The normalized spacial score (nSPS) is 10.5. The first-order chi connectivity index (χ1) is 10.5. The minimum absolute atomic E-state index is 0.188. The molecule has 0 unspecified atom stereocenters. The highest BCUT2D eigenvalue weighted by Crippen LogP contribution is 2.19. The maximum atomic E-state index is 12.2. The van der Waals surface area contributed by atoms with E-state index in [1.54, 1.807) is 24.3 Å². The average Bonchev–Trinajstić information content (AvgIpc) is 2.47. The maximum Gasteiger partial charge on any atom is 0.255 e. The van der Waals surface area contributed by atoms with Crippen molar-refractivity contribution in [1.29, 1.82) is 0 Å². The predicted molar refractivity (Wildman–Crippen MR) is 90.2 cm³/mol. The molecule has 3 N–H and O–H groups in total. The Hall–Kier alpha value is -2.49. The largest absolute Gasteiger partial charge is 0.494 e. The van der Waals surface area contributed by atoms with E-state index in [-0.39, 0.29) is 5.91 Å². The number of hydrogen-bond acceptors (Lipinski definition) is 3. The Bertz CT molecular complexity index is 638. The molecule has 0 spiro atoms. The lowest BCUT2D eigenvalue weighted by molar-refractivity contribution is 0.102. The Morgan fingerprint density at radius 1 is 1.18 bits per heavy atom. The van der Waals surface area contributed by atoms with Gasteiger partial charge >= 0.3 is 0 Å². The van der Waals surface area contributed by atoms with Gasteiger partial charge in [-0.1, -0.05) is 26.0 Å². The minimum Gasteiger partial charge on any atom is -0.494 e. The number of carbonyl (C=O) groups excluding carboxylic acids is 1. The maximum absolute atomic E-state index is 12.2. The van der Waals surface area contributed by atoms with E-state index in [0.717, 1.165) is 12.2 Å². The third-order valence-corrected chi connectivity index (χ3v) is 3.20. The van der Waals surface area contributed by atoms with Crippen LogP contribution in [0.5, 0.6) is 5.75 Å². The Kier molecular flexibility index (Phi) is 5.42. The summed E-state index contributed by atoms with van der Waals surface area (Å²) in [6.07, 6.45) is 1.000. The summed E-state index contributed by atoms with van der Waals surface area (Å²) in [4.78, 5) is 12.2. The van der Waals surface area contributed by atoms with E-state index in [1.807, 2.05) is 24.3 Å². The lowest BCUT2D eigenvalue weighted by atomic mass is 10.1. The topological polar surface area (TPSA) is 64.3 Å². The number of nitrogens with two attached hydrogens (primary N) is 1. The molecule has 0 saturated carbocycles. The highest BCUT2D eigenvalue weighted by molar-refractivity contribution is 6.04. The minimum atomic E-state index is -0.188. The molecular formula is C18H22N2O2. The molecule has 116 valence electrons. The molecule has 2 rings (SSSR count). The molecule has 22 heavy (non-hydrogen) atoms. The van der Waals surface area contributed by atoms with Crippen LogP contribution in [0.25, 0.3) is 0 Å². The van der Waals surface area contributed by atoms with E-state index in [9.17, 15) is 4.79 Å². The first kappa shape index (κ1) is 15.9. The molecule has 0 aromatic heterocycles. The van der Waals surface area contributed by atoms with Crippen molar-refractivity contribution in [2.24, 2.45) is 5.92 Å². The van der Waals surface area contributed by atoms with Crippen LogP contribution in [0.3, 0.4) is 0 Å². The van der Waals surface area contributed by atoms with Crippen molar-refractivity contribution in [2.75, 3.05) is 17.7 Å². The summed E-state index contributed by atoms with van der Waals surface area (Å²) in [5.74, 6) is 1.17. The fourth-order valence-electron chi connectivity index (χ4n) is 1.96. The molecule has 0 bridgehead atoms. The molecule has 2 aromatic carbocycles. The van der Waals surface area contributed by atoms with Crippen LogP contribution in [0.2, 0.25) is 0 Å². The molecule has 0 saturated heterocycles. The van der Waals surface area contributed by atoms with Crippen molar-refractivity contribution in [3.8, 4) is 5.75 Å². The fraction of sp³-hybridized carbons (Fsp3) is 0.278.